The van der Waals surface area contributed by atoms with Gasteiger partial charge in [-0.3, -0.25) is 0 Å². The summed E-state index contributed by atoms with van der Waals surface area (Å²) in [5.41, 5.74) is 2.14. The summed E-state index contributed by atoms with van der Waals surface area (Å²) in [6.07, 6.45) is 3.01. The van der Waals surface area contributed by atoms with Gasteiger partial charge >= 0.3 is 0 Å². The average molecular weight is 244 g/mol. The molecule has 0 bridgehead atoms. The van der Waals surface area contributed by atoms with Crippen molar-refractivity contribution in [2.45, 2.75) is 20.3 Å². The second-order valence-corrected chi connectivity index (χ2v) is 3.93. The van der Waals surface area contributed by atoms with Crippen LogP contribution in [0.5, 0.6) is 5.75 Å². The van der Waals surface area contributed by atoms with Crippen LogP contribution in [-0.2, 0) is 0 Å². The molecule has 0 saturated carbocycles. The zero-order valence-corrected chi connectivity index (χ0v) is 11.1. The van der Waals surface area contributed by atoms with E-state index < -0.39 is 0 Å². The maximum absolute atomic E-state index is 9.18. The number of hydrogen-bond acceptors (Lipinski definition) is 3. The highest BCUT2D eigenvalue weighted by atomic mass is 16.3. The highest BCUT2D eigenvalue weighted by Crippen LogP contribution is 2.22. The Bertz CT molecular complexity index is 466. The van der Waals surface area contributed by atoms with Crippen molar-refractivity contribution in [3.63, 3.8) is 0 Å². The third-order valence-corrected chi connectivity index (χ3v) is 2.22. The van der Waals surface area contributed by atoms with E-state index >= 15 is 0 Å². The van der Waals surface area contributed by atoms with Crippen molar-refractivity contribution in [2.75, 3.05) is 12.4 Å². The molecule has 2 N–H and O–H groups in total. The van der Waals surface area contributed by atoms with E-state index in [0.29, 0.717) is 0 Å². The molecule has 96 valence electrons. The second-order valence-electron chi connectivity index (χ2n) is 3.93. The Kier molecular flexibility index (Phi) is 5.71. The van der Waals surface area contributed by atoms with Gasteiger partial charge in [-0.1, -0.05) is 32.4 Å². The summed E-state index contributed by atoms with van der Waals surface area (Å²) in [4.78, 5) is 4.14. The minimum atomic E-state index is 0.279. The van der Waals surface area contributed by atoms with Crippen LogP contribution in [-0.4, -0.2) is 17.1 Å². The van der Waals surface area contributed by atoms with Crippen LogP contribution >= 0.6 is 0 Å². The molecule has 0 fully saturated rings. The lowest BCUT2D eigenvalue weighted by Gasteiger charge is -2.04. The molecule has 1 aromatic heterocycles. The third kappa shape index (κ3) is 4.09. The van der Waals surface area contributed by atoms with Crippen LogP contribution in [0.25, 0.3) is 11.1 Å². The molecule has 0 aliphatic rings. The first kappa shape index (κ1) is 14.0. The molecule has 18 heavy (non-hydrogen) atoms. The fraction of sp³-hybridized carbons (Fsp3) is 0.267. The molecule has 0 amide bonds. The predicted molar refractivity (Wildman–Crippen MR) is 76.8 cm³/mol. The number of phenolic OH excluding ortho intramolecular Hbond substituents is 1. The van der Waals surface area contributed by atoms with Crippen LogP contribution in [0.2, 0.25) is 0 Å². The number of rotatable bonds is 2. The Morgan fingerprint density at radius 3 is 2.22 bits per heavy atom. The number of anilines is 1. The summed E-state index contributed by atoms with van der Waals surface area (Å²) >= 11 is 0. The zero-order valence-electron chi connectivity index (χ0n) is 11.1. The normalized spacial score (nSPS) is 9.28. The minimum absolute atomic E-state index is 0.279. The lowest BCUT2D eigenvalue weighted by molar-refractivity contribution is 0.475. The third-order valence-electron chi connectivity index (χ3n) is 2.22. The number of pyridine rings is 1. The SMILES string of the molecule is CCC.CNc1cc(-c2ccc(O)cc2)ccn1. The monoisotopic (exact) mass is 244 g/mol. The number of benzene rings is 1. The standard InChI is InChI=1S/C12H12N2O.C3H8/c1-13-12-8-10(6-7-14-12)9-2-4-11(15)5-3-9;1-3-2/h2-8,15H,1H3,(H,13,14);3H2,1-2H3. The van der Waals surface area contributed by atoms with Gasteiger partial charge in [-0.2, -0.15) is 0 Å². The van der Waals surface area contributed by atoms with Crippen LogP contribution in [0.4, 0.5) is 5.82 Å². The molecule has 2 rings (SSSR count). The summed E-state index contributed by atoms with van der Waals surface area (Å²) in [7, 11) is 1.84. The summed E-state index contributed by atoms with van der Waals surface area (Å²) < 4.78 is 0. The van der Waals surface area contributed by atoms with Crippen molar-refractivity contribution in [2.24, 2.45) is 0 Å². The van der Waals surface area contributed by atoms with Gasteiger partial charge < -0.3 is 10.4 Å². The van der Waals surface area contributed by atoms with E-state index in [4.69, 9.17) is 0 Å². The van der Waals surface area contributed by atoms with Crippen molar-refractivity contribution in [3.8, 4) is 16.9 Å². The summed E-state index contributed by atoms with van der Waals surface area (Å²) in [6, 6.07) is 11.0. The number of hydrogen-bond donors (Lipinski definition) is 2. The van der Waals surface area contributed by atoms with Gasteiger partial charge in [0.2, 0.25) is 0 Å². The Labute approximate surface area is 109 Å². The predicted octanol–water partition coefficient (Wildman–Crippen LogP) is 3.91. The molecule has 1 heterocycles. The van der Waals surface area contributed by atoms with Crippen LogP contribution in [0.3, 0.4) is 0 Å². The second kappa shape index (κ2) is 7.33. The van der Waals surface area contributed by atoms with Gasteiger partial charge in [-0.05, 0) is 35.4 Å². The molecule has 0 saturated heterocycles. The van der Waals surface area contributed by atoms with E-state index in [1.165, 1.54) is 6.42 Å². The van der Waals surface area contributed by atoms with Crippen molar-refractivity contribution < 1.29 is 5.11 Å². The highest BCUT2D eigenvalue weighted by molar-refractivity contribution is 5.66. The quantitative estimate of drug-likeness (QED) is 0.841. The molecule has 0 spiro atoms. The molecule has 0 unspecified atom stereocenters. The molecule has 0 aliphatic carbocycles. The van der Waals surface area contributed by atoms with Crippen LogP contribution in [0.15, 0.2) is 42.6 Å². The summed E-state index contributed by atoms with van der Waals surface area (Å²) in [6.45, 7) is 4.25. The van der Waals surface area contributed by atoms with E-state index in [1.54, 1.807) is 18.3 Å². The first-order valence-corrected chi connectivity index (χ1v) is 6.14. The van der Waals surface area contributed by atoms with Gasteiger partial charge in [0.15, 0.2) is 0 Å². The molecule has 2 aromatic rings. The van der Waals surface area contributed by atoms with Crippen molar-refractivity contribution in [1.29, 1.82) is 0 Å². The number of nitrogens with one attached hydrogen (secondary N) is 1. The number of aromatic hydroxyl groups is 1. The molecular weight excluding hydrogens is 224 g/mol. The maximum atomic E-state index is 9.18. The fourth-order valence-corrected chi connectivity index (χ4v) is 1.40. The Morgan fingerprint density at radius 2 is 1.67 bits per heavy atom. The molecule has 1 aromatic carbocycles. The first-order chi connectivity index (χ1) is 8.71. The van der Waals surface area contributed by atoms with Gasteiger partial charge in [0.05, 0.1) is 0 Å². The lowest BCUT2D eigenvalue weighted by atomic mass is 10.1. The van der Waals surface area contributed by atoms with Gasteiger partial charge in [0.25, 0.3) is 0 Å². The Morgan fingerprint density at radius 1 is 1.06 bits per heavy atom. The molecule has 3 heteroatoms. The minimum Gasteiger partial charge on any atom is -0.508 e. The van der Waals surface area contributed by atoms with Gasteiger partial charge in [0, 0.05) is 13.2 Å². The van der Waals surface area contributed by atoms with E-state index in [0.717, 1.165) is 16.9 Å². The molecule has 0 radical (unpaired) electrons. The number of phenols is 1. The Hall–Kier alpha value is -2.03. The van der Waals surface area contributed by atoms with Gasteiger partial charge in [0.1, 0.15) is 11.6 Å². The lowest BCUT2D eigenvalue weighted by Crippen LogP contribution is -1.91. The largest absolute Gasteiger partial charge is 0.508 e. The molecular formula is C15H20N2O. The topological polar surface area (TPSA) is 45.1 Å². The first-order valence-electron chi connectivity index (χ1n) is 6.14. The zero-order chi connectivity index (χ0) is 13.4. The number of aromatic nitrogens is 1. The number of nitrogens with zero attached hydrogens (tertiary/aromatic N) is 1. The van der Waals surface area contributed by atoms with Crippen molar-refractivity contribution in [3.05, 3.63) is 42.6 Å². The van der Waals surface area contributed by atoms with E-state index in [2.05, 4.69) is 24.1 Å². The van der Waals surface area contributed by atoms with Gasteiger partial charge in [-0.25, -0.2) is 4.98 Å². The van der Waals surface area contributed by atoms with E-state index in [9.17, 15) is 5.11 Å². The van der Waals surface area contributed by atoms with Crippen molar-refractivity contribution >= 4 is 5.82 Å². The summed E-state index contributed by atoms with van der Waals surface area (Å²) in [5, 5.41) is 12.2. The fourth-order valence-electron chi connectivity index (χ4n) is 1.40. The smallest absolute Gasteiger partial charge is 0.126 e. The van der Waals surface area contributed by atoms with Gasteiger partial charge in [-0.15, -0.1) is 0 Å². The Balaban J connectivity index is 0.000000492. The molecule has 0 atom stereocenters. The molecule has 3 nitrogen and oxygen atoms in total. The van der Waals surface area contributed by atoms with E-state index in [1.807, 2.05) is 31.3 Å². The van der Waals surface area contributed by atoms with E-state index in [-0.39, 0.29) is 5.75 Å². The average Bonchev–Trinajstić information content (AvgIpc) is 2.40. The summed E-state index contributed by atoms with van der Waals surface area (Å²) in [5.74, 6) is 1.11. The molecule has 0 aliphatic heterocycles. The van der Waals surface area contributed by atoms with Crippen LogP contribution < -0.4 is 5.32 Å². The van der Waals surface area contributed by atoms with Crippen LogP contribution in [0, 0.1) is 0 Å². The highest BCUT2D eigenvalue weighted by Gasteiger charge is 1.98. The van der Waals surface area contributed by atoms with Crippen molar-refractivity contribution in [1.82, 2.24) is 4.98 Å². The van der Waals surface area contributed by atoms with Crippen LogP contribution in [0.1, 0.15) is 20.3 Å². The maximum Gasteiger partial charge on any atom is 0.126 e.